The van der Waals surface area contributed by atoms with Gasteiger partial charge in [0.15, 0.2) is 18.2 Å². The van der Waals surface area contributed by atoms with Crippen LogP contribution < -0.4 is 10.1 Å². The number of aromatic nitrogens is 3. The van der Waals surface area contributed by atoms with Gasteiger partial charge < -0.3 is 15.0 Å². The lowest BCUT2D eigenvalue weighted by atomic mass is 10.0. The number of hydrogen-bond donors (Lipinski definition) is 1. The summed E-state index contributed by atoms with van der Waals surface area (Å²) in [5.41, 5.74) is 6.88. The van der Waals surface area contributed by atoms with Crippen molar-refractivity contribution in [1.29, 1.82) is 0 Å². The number of hydrogen-bond acceptors (Lipinski definition) is 8. The second-order valence-electron chi connectivity index (χ2n) is 10.7. The van der Waals surface area contributed by atoms with E-state index in [9.17, 15) is 9.59 Å². The summed E-state index contributed by atoms with van der Waals surface area (Å²) in [7, 11) is 3.39. The van der Waals surface area contributed by atoms with E-state index in [0.29, 0.717) is 29.5 Å². The predicted octanol–water partition coefficient (Wildman–Crippen LogP) is 5.57. The van der Waals surface area contributed by atoms with Crippen molar-refractivity contribution < 1.29 is 14.3 Å². The van der Waals surface area contributed by atoms with E-state index in [-0.39, 0.29) is 24.7 Å². The molecule has 5 aromatic rings. The van der Waals surface area contributed by atoms with Gasteiger partial charge in [-0.25, -0.2) is 9.97 Å². The Morgan fingerprint density at radius 2 is 1.88 bits per heavy atom. The number of nitrogens with zero attached hydrogens (tertiary/aromatic N) is 5. The van der Waals surface area contributed by atoms with E-state index in [1.807, 2.05) is 61.7 Å². The van der Waals surface area contributed by atoms with Crippen molar-refractivity contribution in [2.75, 3.05) is 26.0 Å². The molecule has 1 amide bonds. The summed E-state index contributed by atoms with van der Waals surface area (Å²) in [6, 6.07) is 21.2. The molecule has 9 nitrogen and oxygen atoms in total. The average Bonchev–Trinajstić information content (AvgIpc) is 3.48. The molecule has 0 saturated carbocycles. The first kappa shape index (κ1) is 27.7. The van der Waals surface area contributed by atoms with Crippen molar-refractivity contribution in [3.05, 3.63) is 107 Å². The standard InChI is InChI=1S/C34H30N6O3/c1-21-12-29-28(16-31(21)43-20-32(42)40(2)3)34(37-27-10-9-24-17-36-19-26(24)15-27)39-33(38-29)23-7-4-6-22(13-23)14-30(41)25-8-5-11-35-18-25/h4-13,15-16,18-19H,14,17,20H2,1-3H3,(H,37,38,39). The number of nitrogens with one attached hydrogen (secondary N) is 1. The number of carbonyl (C=O) groups excluding carboxylic acids is 2. The number of ether oxygens (including phenoxy) is 1. The van der Waals surface area contributed by atoms with Crippen LogP contribution in [0.4, 0.5) is 11.5 Å². The zero-order valence-electron chi connectivity index (χ0n) is 24.2. The van der Waals surface area contributed by atoms with Crippen molar-refractivity contribution in [2.24, 2.45) is 4.99 Å². The number of pyridine rings is 1. The van der Waals surface area contributed by atoms with Crippen LogP contribution in [0, 0.1) is 6.92 Å². The van der Waals surface area contributed by atoms with Crippen molar-refractivity contribution in [3.63, 3.8) is 0 Å². The molecule has 1 aliphatic heterocycles. The Morgan fingerprint density at radius 3 is 2.70 bits per heavy atom. The topological polar surface area (TPSA) is 110 Å². The van der Waals surface area contributed by atoms with E-state index in [4.69, 9.17) is 14.7 Å². The third-order valence-corrected chi connectivity index (χ3v) is 7.28. The second-order valence-corrected chi connectivity index (χ2v) is 10.7. The van der Waals surface area contributed by atoms with Crippen molar-refractivity contribution in [2.45, 2.75) is 19.9 Å². The highest BCUT2D eigenvalue weighted by Gasteiger charge is 2.16. The number of rotatable bonds is 9. The van der Waals surface area contributed by atoms with E-state index < -0.39 is 0 Å². The largest absolute Gasteiger partial charge is 0.483 e. The van der Waals surface area contributed by atoms with Gasteiger partial charge in [-0.2, -0.15) is 0 Å². The number of benzene rings is 3. The maximum atomic E-state index is 12.9. The molecule has 9 heteroatoms. The number of likely N-dealkylation sites (N-methyl/N-ethyl adjacent to an activating group) is 1. The third-order valence-electron chi connectivity index (χ3n) is 7.28. The predicted molar refractivity (Wildman–Crippen MR) is 167 cm³/mol. The Bertz CT molecular complexity index is 1890. The first-order valence-corrected chi connectivity index (χ1v) is 13.9. The number of anilines is 2. The Labute approximate surface area is 249 Å². The summed E-state index contributed by atoms with van der Waals surface area (Å²) >= 11 is 0. The highest BCUT2D eigenvalue weighted by atomic mass is 16.5. The van der Waals surface area contributed by atoms with Gasteiger partial charge in [0, 0.05) is 61.3 Å². The van der Waals surface area contributed by atoms with Gasteiger partial charge in [-0.15, -0.1) is 0 Å². The highest BCUT2D eigenvalue weighted by Crippen LogP contribution is 2.33. The zero-order chi connectivity index (χ0) is 29.9. The van der Waals surface area contributed by atoms with Gasteiger partial charge in [-0.1, -0.05) is 24.3 Å². The smallest absolute Gasteiger partial charge is 0.259 e. The quantitative estimate of drug-likeness (QED) is 0.231. The summed E-state index contributed by atoms with van der Waals surface area (Å²) < 4.78 is 5.91. The first-order valence-electron chi connectivity index (χ1n) is 13.9. The number of aryl methyl sites for hydroxylation is 1. The molecule has 3 aromatic carbocycles. The number of amides is 1. The number of carbonyl (C=O) groups is 2. The fourth-order valence-corrected chi connectivity index (χ4v) is 4.86. The van der Waals surface area contributed by atoms with Crippen LogP contribution >= 0.6 is 0 Å². The fraction of sp³-hybridized carbons (Fsp3) is 0.176. The van der Waals surface area contributed by atoms with Gasteiger partial charge in [0.2, 0.25) is 0 Å². The minimum atomic E-state index is -0.133. The lowest BCUT2D eigenvalue weighted by Crippen LogP contribution is -2.27. The Morgan fingerprint density at radius 1 is 1.00 bits per heavy atom. The van der Waals surface area contributed by atoms with Gasteiger partial charge in [0.25, 0.3) is 5.91 Å². The lowest BCUT2D eigenvalue weighted by Gasteiger charge is -2.16. The van der Waals surface area contributed by atoms with Crippen LogP contribution in [0.15, 0.2) is 84.1 Å². The van der Waals surface area contributed by atoms with Crippen LogP contribution in [0.5, 0.6) is 5.75 Å². The molecule has 1 aliphatic rings. The van der Waals surface area contributed by atoms with E-state index in [1.54, 1.807) is 38.6 Å². The lowest BCUT2D eigenvalue weighted by molar-refractivity contribution is -0.130. The molecule has 0 radical (unpaired) electrons. The van der Waals surface area contributed by atoms with Gasteiger partial charge in [-0.3, -0.25) is 19.6 Å². The molecule has 1 N–H and O–H groups in total. The summed E-state index contributed by atoms with van der Waals surface area (Å²) in [5.74, 6) is 1.55. The molecule has 214 valence electrons. The molecule has 0 fully saturated rings. The van der Waals surface area contributed by atoms with Gasteiger partial charge in [0.1, 0.15) is 11.6 Å². The summed E-state index contributed by atoms with van der Waals surface area (Å²) in [6.45, 7) is 2.53. The molecule has 0 aliphatic carbocycles. The summed E-state index contributed by atoms with van der Waals surface area (Å²) in [4.78, 5) is 44.8. The Kier molecular flexibility index (Phi) is 7.61. The Hall–Kier alpha value is -5.44. The fourth-order valence-electron chi connectivity index (χ4n) is 4.86. The monoisotopic (exact) mass is 570 g/mol. The molecule has 2 aromatic heterocycles. The van der Waals surface area contributed by atoms with Crippen LogP contribution in [0.1, 0.15) is 32.6 Å². The molecule has 3 heterocycles. The summed E-state index contributed by atoms with van der Waals surface area (Å²) in [6.07, 6.45) is 5.34. The van der Waals surface area contributed by atoms with Crippen LogP contribution in [0.2, 0.25) is 0 Å². The normalized spacial score (nSPS) is 11.8. The maximum absolute atomic E-state index is 12.9. The second kappa shape index (κ2) is 11.8. The third kappa shape index (κ3) is 6.11. The average molecular weight is 571 g/mol. The molecule has 6 rings (SSSR count). The van der Waals surface area contributed by atoms with Gasteiger partial charge in [-0.05, 0) is 71.6 Å². The van der Waals surface area contributed by atoms with E-state index in [2.05, 4.69) is 21.4 Å². The van der Waals surface area contributed by atoms with Gasteiger partial charge in [0.05, 0.1) is 12.1 Å². The maximum Gasteiger partial charge on any atom is 0.259 e. The molecule has 0 atom stereocenters. The number of fused-ring (bicyclic) bond motifs is 2. The van der Waals surface area contributed by atoms with Crippen molar-refractivity contribution >= 4 is 40.3 Å². The van der Waals surface area contributed by atoms with Crippen LogP contribution in [0.3, 0.4) is 0 Å². The first-order chi connectivity index (χ1) is 20.8. The molecule has 0 bridgehead atoms. The van der Waals surface area contributed by atoms with Crippen molar-refractivity contribution in [1.82, 2.24) is 19.9 Å². The molecule has 0 unspecified atom stereocenters. The van der Waals surface area contributed by atoms with E-state index in [1.165, 1.54) is 10.5 Å². The highest BCUT2D eigenvalue weighted by molar-refractivity contribution is 5.97. The molecule has 43 heavy (non-hydrogen) atoms. The number of Topliss-reactive ketones (excluding diaryl/α,β-unsaturated/α-hetero) is 1. The van der Waals surface area contributed by atoms with Crippen LogP contribution in [0.25, 0.3) is 22.3 Å². The molecular formula is C34H30N6O3. The minimum Gasteiger partial charge on any atom is -0.483 e. The SMILES string of the molecule is Cc1cc2nc(-c3cccc(CC(=O)c4cccnc4)c3)nc(Nc3ccc4c(c3)C=NC4)c2cc1OCC(=O)N(C)C. The van der Waals surface area contributed by atoms with Crippen LogP contribution in [-0.2, 0) is 17.8 Å². The molecule has 0 spiro atoms. The molecular weight excluding hydrogens is 540 g/mol. The summed E-state index contributed by atoms with van der Waals surface area (Å²) in [5, 5.41) is 4.23. The van der Waals surface area contributed by atoms with Crippen LogP contribution in [-0.4, -0.2) is 58.5 Å². The number of ketones is 1. The zero-order valence-corrected chi connectivity index (χ0v) is 24.2. The van der Waals surface area contributed by atoms with Gasteiger partial charge >= 0.3 is 0 Å². The number of aliphatic imine (C=N–C) groups is 1. The van der Waals surface area contributed by atoms with E-state index in [0.717, 1.165) is 38.8 Å². The minimum absolute atomic E-state index is 0.0110. The molecule has 0 saturated heterocycles. The Balaban J connectivity index is 1.39. The van der Waals surface area contributed by atoms with E-state index >= 15 is 0 Å². The van der Waals surface area contributed by atoms with Crippen molar-refractivity contribution in [3.8, 4) is 17.1 Å².